The largest absolute Gasteiger partial charge is 0.416 e. The average Bonchev–Trinajstić information content (AvgIpc) is 2.03. The van der Waals surface area contributed by atoms with Crippen molar-refractivity contribution in [2.45, 2.75) is 37.6 Å². The molecule has 1 aliphatic rings. The van der Waals surface area contributed by atoms with Crippen molar-refractivity contribution in [2.24, 2.45) is 0 Å². The molecular weight excluding hydrogens is 173 g/mol. The molecule has 0 aromatic rings. The number of aliphatic hydroxyl groups excluding tert-OH is 1. The third-order valence-corrected chi connectivity index (χ3v) is 1.90. The van der Waals surface area contributed by atoms with Crippen LogP contribution >= 0.6 is 0 Å². The molecule has 1 saturated heterocycles. The summed E-state index contributed by atoms with van der Waals surface area (Å²) in [5.41, 5.74) is 0. The minimum Gasteiger partial charge on any atom is -0.381 e. The van der Waals surface area contributed by atoms with Crippen LogP contribution in [0, 0.1) is 0 Å². The summed E-state index contributed by atoms with van der Waals surface area (Å²) in [5.74, 6) is 0. The SMILES string of the molecule is O[C@H](C1CCCCO1)C(F)(F)F. The van der Waals surface area contributed by atoms with E-state index in [9.17, 15) is 13.2 Å². The fourth-order valence-electron chi connectivity index (χ4n) is 1.23. The molecule has 0 bridgehead atoms. The lowest BCUT2D eigenvalue weighted by Gasteiger charge is -2.28. The molecule has 0 aromatic carbocycles. The standard InChI is InChI=1S/C7H11F3O2/c8-7(9,10)6(11)5-3-1-2-4-12-5/h5-6,11H,1-4H2/t5?,6-/m1/s1. The molecule has 1 unspecified atom stereocenters. The van der Waals surface area contributed by atoms with E-state index < -0.39 is 18.4 Å². The predicted octanol–water partition coefficient (Wildman–Crippen LogP) is 1.48. The highest BCUT2D eigenvalue weighted by Crippen LogP contribution is 2.27. The van der Waals surface area contributed by atoms with Crippen LogP contribution < -0.4 is 0 Å². The van der Waals surface area contributed by atoms with Gasteiger partial charge in [0.05, 0.1) is 6.10 Å². The van der Waals surface area contributed by atoms with Crippen molar-refractivity contribution in [3.8, 4) is 0 Å². The van der Waals surface area contributed by atoms with E-state index >= 15 is 0 Å². The van der Waals surface area contributed by atoms with Crippen LogP contribution in [0.1, 0.15) is 19.3 Å². The Hall–Kier alpha value is -0.290. The molecule has 5 heteroatoms. The van der Waals surface area contributed by atoms with Crippen LogP contribution in [-0.4, -0.2) is 30.1 Å². The maximum absolute atomic E-state index is 11.9. The van der Waals surface area contributed by atoms with Crippen LogP contribution in [0.5, 0.6) is 0 Å². The lowest BCUT2D eigenvalue weighted by atomic mass is 10.0. The van der Waals surface area contributed by atoms with Gasteiger partial charge in [-0.2, -0.15) is 13.2 Å². The van der Waals surface area contributed by atoms with Crippen molar-refractivity contribution in [3.63, 3.8) is 0 Å². The predicted molar refractivity (Wildman–Crippen MR) is 35.7 cm³/mol. The molecular formula is C7H11F3O2. The Kier molecular flexibility index (Phi) is 2.95. The van der Waals surface area contributed by atoms with Crippen LogP contribution in [0.25, 0.3) is 0 Å². The third kappa shape index (κ3) is 2.35. The van der Waals surface area contributed by atoms with Crippen LogP contribution in [0.3, 0.4) is 0 Å². The molecule has 0 radical (unpaired) electrons. The Morgan fingerprint density at radius 3 is 2.42 bits per heavy atom. The number of alkyl halides is 3. The van der Waals surface area contributed by atoms with E-state index in [2.05, 4.69) is 0 Å². The Balaban J connectivity index is 2.45. The number of aliphatic hydroxyl groups is 1. The van der Waals surface area contributed by atoms with Gasteiger partial charge >= 0.3 is 6.18 Å². The summed E-state index contributed by atoms with van der Waals surface area (Å²) < 4.78 is 40.5. The van der Waals surface area contributed by atoms with Gasteiger partial charge in [-0.1, -0.05) is 0 Å². The molecule has 1 aliphatic heterocycles. The zero-order chi connectivity index (χ0) is 9.19. The highest BCUT2D eigenvalue weighted by Gasteiger charge is 2.44. The van der Waals surface area contributed by atoms with E-state index in [0.29, 0.717) is 19.4 Å². The molecule has 1 N–H and O–H groups in total. The second-order valence-corrected chi connectivity index (χ2v) is 2.89. The van der Waals surface area contributed by atoms with Gasteiger partial charge in [0.2, 0.25) is 0 Å². The van der Waals surface area contributed by atoms with Gasteiger partial charge in [-0.05, 0) is 19.3 Å². The van der Waals surface area contributed by atoms with Crippen molar-refractivity contribution in [3.05, 3.63) is 0 Å². The summed E-state index contributed by atoms with van der Waals surface area (Å²) in [6, 6.07) is 0. The Bertz CT molecular complexity index is 140. The van der Waals surface area contributed by atoms with E-state index in [4.69, 9.17) is 9.84 Å². The number of halogens is 3. The van der Waals surface area contributed by atoms with Crippen LogP contribution in [-0.2, 0) is 4.74 Å². The Labute approximate surface area is 68.3 Å². The summed E-state index contributed by atoms with van der Waals surface area (Å²) in [6.45, 7) is 0.317. The lowest BCUT2D eigenvalue weighted by molar-refractivity contribution is -0.241. The highest BCUT2D eigenvalue weighted by atomic mass is 19.4. The summed E-state index contributed by atoms with van der Waals surface area (Å²) >= 11 is 0. The van der Waals surface area contributed by atoms with Gasteiger partial charge in [0.25, 0.3) is 0 Å². The topological polar surface area (TPSA) is 29.5 Å². The summed E-state index contributed by atoms with van der Waals surface area (Å²) in [5, 5.41) is 8.76. The number of rotatable bonds is 1. The monoisotopic (exact) mass is 184 g/mol. The molecule has 0 spiro atoms. The fourth-order valence-corrected chi connectivity index (χ4v) is 1.23. The fraction of sp³-hybridized carbons (Fsp3) is 1.00. The molecule has 1 fully saturated rings. The first-order valence-electron chi connectivity index (χ1n) is 3.88. The van der Waals surface area contributed by atoms with Gasteiger partial charge in [0, 0.05) is 6.61 Å². The third-order valence-electron chi connectivity index (χ3n) is 1.90. The van der Waals surface area contributed by atoms with Crippen molar-refractivity contribution in [1.82, 2.24) is 0 Å². The summed E-state index contributed by atoms with van der Waals surface area (Å²) in [6.07, 6.45) is -6.17. The van der Waals surface area contributed by atoms with Gasteiger partial charge in [-0.15, -0.1) is 0 Å². The molecule has 0 aromatic heterocycles. The minimum atomic E-state index is -4.55. The zero-order valence-electron chi connectivity index (χ0n) is 6.47. The number of ether oxygens (including phenoxy) is 1. The second kappa shape index (κ2) is 3.62. The minimum absolute atomic E-state index is 0.292. The van der Waals surface area contributed by atoms with E-state index in [1.807, 2.05) is 0 Å². The number of hydrogen-bond acceptors (Lipinski definition) is 2. The zero-order valence-corrected chi connectivity index (χ0v) is 6.47. The number of hydrogen-bond donors (Lipinski definition) is 1. The first kappa shape index (κ1) is 9.80. The van der Waals surface area contributed by atoms with Crippen molar-refractivity contribution >= 4 is 0 Å². The maximum atomic E-state index is 11.9. The average molecular weight is 184 g/mol. The molecule has 0 saturated carbocycles. The van der Waals surface area contributed by atoms with E-state index in [1.165, 1.54) is 0 Å². The van der Waals surface area contributed by atoms with Crippen molar-refractivity contribution in [2.75, 3.05) is 6.61 Å². The van der Waals surface area contributed by atoms with Gasteiger partial charge in [-0.25, -0.2) is 0 Å². The smallest absolute Gasteiger partial charge is 0.381 e. The molecule has 2 atom stereocenters. The summed E-state index contributed by atoms with van der Waals surface area (Å²) in [7, 11) is 0. The Morgan fingerprint density at radius 1 is 1.33 bits per heavy atom. The lowest BCUT2D eigenvalue weighted by Crippen LogP contribution is -2.42. The highest BCUT2D eigenvalue weighted by molar-refractivity contribution is 4.77. The van der Waals surface area contributed by atoms with Crippen molar-refractivity contribution < 1.29 is 23.0 Å². The second-order valence-electron chi connectivity index (χ2n) is 2.89. The first-order chi connectivity index (χ1) is 5.52. The quantitative estimate of drug-likeness (QED) is 0.668. The maximum Gasteiger partial charge on any atom is 0.416 e. The van der Waals surface area contributed by atoms with Gasteiger partial charge < -0.3 is 9.84 Å². The van der Waals surface area contributed by atoms with Crippen LogP contribution in [0.2, 0.25) is 0 Å². The van der Waals surface area contributed by atoms with E-state index in [1.54, 1.807) is 0 Å². The van der Waals surface area contributed by atoms with E-state index in [-0.39, 0.29) is 0 Å². The normalized spacial score (nSPS) is 28.5. The van der Waals surface area contributed by atoms with Crippen molar-refractivity contribution in [1.29, 1.82) is 0 Å². The molecule has 72 valence electrons. The molecule has 2 nitrogen and oxygen atoms in total. The van der Waals surface area contributed by atoms with Crippen LogP contribution in [0.4, 0.5) is 13.2 Å². The Morgan fingerprint density at radius 2 is 2.00 bits per heavy atom. The first-order valence-corrected chi connectivity index (χ1v) is 3.88. The molecule has 1 rings (SSSR count). The van der Waals surface area contributed by atoms with Gasteiger partial charge in [-0.3, -0.25) is 0 Å². The molecule has 1 heterocycles. The van der Waals surface area contributed by atoms with Crippen LogP contribution in [0.15, 0.2) is 0 Å². The molecule has 0 amide bonds. The van der Waals surface area contributed by atoms with Gasteiger partial charge in [0.15, 0.2) is 6.10 Å². The van der Waals surface area contributed by atoms with Gasteiger partial charge in [0.1, 0.15) is 0 Å². The molecule has 12 heavy (non-hydrogen) atoms. The summed E-state index contributed by atoms with van der Waals surface area (Å²) in [4.78, 5) is 0. The van der Waals surface area contributed by atoms with E-state index in [0.717, 1.165) is 6.42 Å². The molecule has 0 aliphatic carbocycles.